The average Bonchev–Trinajstić information content (AvgIpc) is 2.57. The van der Waals surface area contributed by atoms with Gasteiger partial charge in [0.05, 0.1) is 4.90 Å². The molecule has 0 spiro atoms. The number of rotatable bonds is 5. The molecule has 0 saturated heterocycles. The summed E-state index contributed by atoms with van der Waals surface area (Å²) in [5.41, 5.74) is 0.885. The van der Waals surface area contributed by atoms with Gasteiger partial charge in [-0.25, -0.2) is 8.42 Å². The van der Waals surface area contributed by atoms with E-state index in [1.807, 2.05) is 13.0 Å². The van der Waals surface area contributed by atoms with Crippen molar-refractivity contribution in [1.29, 1.82) is 0 Å². The molecule has 2 N–H and O–H groups in total. The molecule has 0 unspecified atom stereocenters. The van der Waals surface area contributed by atoms with Gasteiger partial charge in [-0.3, -0.25) is 4.72 Å². The highest BCUT2D eigenvalue weighted by Gasteiger charge is 2.16. The predicted molar refractivity (Wildman–Crippen MR) is 94.5 cm³/mol. The Labute approximate surface area is 142 Å². The van der Waals surface area contributed by atoms with Crippen molar-refractivity contribution in [2.24, 2.45) is 0 Å². The van der Waals surface area contributed by atoms with Crippen LogP contribution >= 0.6 is 0 Å². The van der Waals surface area contributed by atoms with E-state index in [4.69, 9.17) is 0 Å². The summed E-state index contributed by atoms with van der Waals surface area (Å²) in [4.78, 5) is 0.216. The van der Waals surface area contributed by atoms with Crippen LogP contribution in [0.25, 0.3) is 0 Å². The number of sulfonamides is 1. The first-order valence-electron chi connectivity index (χ1n) is 8.23. The van der Waals surface area contributed by atoms with Crippen LogP contribution in [0.2, 0.25) is 0 Å². The van der Waals surface area contributed by atoms with Gasteiger partial charge in [-0.2, -0.15) is 0 Å². The number of aromatic nitrogens is 2. The Morgan fingerprint density at radius 2 is 1.71 bits per heavy atom. The molecule has 24 heavy (non-hydrogen) atoms. The van der Waals surface area contributed by atoms with Gasteiger partial charge in [0.1, 0.15) is 5.82 Å². The highest BCUT2D eigenvalue weighted by Crippen LogP contribution is 2.21. The first kappa shape index (κ1) is 16.7. The third-order valence-electron chi connectivity index (χ3n) is 4.16. The Morgan fingerprint density at radius 1 is 1.00 bits per heavy atom. The molecular weight excluding hydrogens is 324 g/mol. The molecule has 0 radical (unpaired) electrons. The molecule has 0 amide bonds. The molecule has 0 aliphatic heterocycles. The van der Waals surface area contributed by atoms with Crippen molar-refractivity contribution in [2.75, 3.05) is 10.0 Å². The maximum absolute atomic E-state index is 12.4. The largest absolute Gasteiger partial charge is 0.366 e. The summed E-state index contributed by atoms with van der Waals surface area (Å²) in [7, 11) is -3.65. The van der Waals surface area contributed by atoms with Gasteiger partial charge in [-0.15, -0.1) is 10.2 Å². The van der Waals surface area contributed by atoms with Crippen LogP contribution in [0, 0.1) is 6.92 Å². The third kappa shape index (κ3) is 4.23. The lowest BCUT2D eigenvalue weighted by Gasteiger charge is -2.22. The minimum Gasteiger partial charge on any atom is -0.366 e. The second kappa shape index (κ2) is 7.17. The van der Waals surface area contributed by atoms with E-state index >= 15 is 0 Å². The summed E-state index contributed by atoms with van der Waals surface area (Å²) in [6.07, 6.45) is 6.05. The smallest absolute Gasteiger partial charge is 0.263 e. The highest BCUT2D eigenvalue weighted by atomic mass is 32.2. The zero-order valence-electron chi connectivity index (χ0n) is 13.7. The van der Waals surface area contributed by atoms with E-state index in [0.29, 0.717) is 11.9 Å². The summed E-state index contributed by atoms with van der Waals surface area (Å²) in [5.74, 6) is 0.895. The van der Waals surface area contributed by atoms with Gasteiger partial charge >= 0.3 is 0 Å². The van der Waals surface area contributed by atoms with Gasteiger partial charge in [0.15, 0.2) is 5.82 Å². The maximum atomic E-state index is 12.4. The van der Waals surface area contributed by atoms with Crippen molar-refractivity contribution < 1.29 is 8.42 Å². The summed E-state index contributed by atoms with van der Waals surface area (Å²) in [5, 5.41) is 11.4. The topological polar surface area (TPSA) is 84.0 Å². The third-order valence-corrected chi connectivity index (χ3v) is 5.51. The van der Waals surface area contributed by atoms with Crippen molar-refractivity contribution in [2.45, 2.75) is 50.0 Å². The van der Waals surface area contributed by atoms with Crippen molar-refractivity contribution in [1.82, 2.24) is 10.2 Å². The van der Waals surface area contributed by atoms with Crippen molar-refractivity contribution in [3.8, 4) is 0 Å². The number of hydrogen-bond acceptors (Lipinski definition) is 5. The molecule has 1 aromatic heterocycles. The Kier molecular flexibility index (Phi) is 4.99. The van der Waals surface area contributed by atoms with E-state index in [0.717, 1.165) is 18.4 Å². The van der Waals surface area contributed by atoms with Gasteiger partial charge in [-0.05, 0) is 49.6 Å². The van der Waals surface area contributed by atoms with Gasteiger partial charge in [0.2, 0.25) is 0 Å². The van der Waals surface area contributed by atoms with Crippen molar-refractivity contribution in [3.63, 3.8) is 0 Å². The molecule has 0 atom stereocenters. The molecule has 1 fully saturated rings. The number of benzene rings is 1. The maximum Gasteiger partial charge on any atom is 0.263 e. The Hall–Kier alpha value is -2.15. The highest BCUT2D eigenvalue weighted by molar-refractivity contribution is 7.92. The number of aryl methyl sites for hydroxylation is 1. The van der Waals surface area contributed by atoms with Gasteiger partial charge in [-0.1, -0.05) is 31.4 Å². The summed E-state index contributed by atoms with van der Waals surface area (Å²) in [6.45, 7) is 1.85. The number of anilines is 2. The van der Waals surface area contributed by atoms with E-state index < -0.39 is 10.0 Å². The Bertz CT molecular complexity index is 784. The molecule has 1 aliphatic rings. The van der Waals surface area contributed by atoms with Gasteiger partial charge < -0.3 is 5.32 Å². The van der Waals surface area contributed by atoms with Crippen LogP contribution in [0.1, 0.15) is 37.7 Å². The quantitative estimate of drug-likeness (QED) is 0.867. The number of nitrogens with one attached hydrogen (secondary N) is 2. The molecular formula is C17H22N4O2S. The van der Waals surface area contributed by atoms with Crippen LogP contribution in [-0.4, -0.2) is 24.7 Å². The lowest BCUT2D eigenvalue weighted by molar-refractivity contribution is 0.461. The van der Waals surface area contributed by atoms with Crippen molar-refractivity contribution in [3.05, 3.63) is 42.0 Å². The second-order valence-electron chi connectivity index (χ2n) is 6.21. The fourth-order valence-electron chi connectivity index (χ4n) is 2.90. The lowest BCUT2D eigenvalue weighted by Crippen LogP contribution is -2.23. The normalized spacial score (nSPS) is 15.9. The van der Waals surface area contributed by atoms with Crippen LogP contribution < -0.4 is 10.0 Å². The standard InChI is InChI=1S/C17H22N4O2S/c1-13-6-5-9-15(12-13)24(22,23)21-17-11-10-16(19-20-17)18-14-7-3-2-4-8-14/h5-6,9-12,14H,2-4,7-8H2,1H3,(H,18,19)(H,20,21). The Morgan fingerprint density at radius 3 is 2.38 bits per heavy atom. The molecule has 3 rings (SSSR count). The van der Waals surface area contributed by atoms with E-state index in [2.05, 4.69) is 20.2 Å². The van der Waals surface area contributed by atoms with E-state index in [1.165, 1.54) is 19.3 Å². The molecule has 1 heterocycles. The molecule has 1 aliphatic carbocycles. The van der Waals surface area contributed by atoms with Crippen LogP contribution in [0.3, 0.4) is 0 Å². The SMILES string of the molecule is Cc1cccc(S(=O)(=O)Nc2ccc(NC3CCCCC3)nn2)c1. The molecule has 128 valence electrons. The second-order valence-corrected chi connectivity index (χ2v) is 7.89. The van der Waals surface area contributed by atoms with Crippen LogP contribution in [0.5, 0.6) is 0 Å². The summed E-state index contributed by atoms with van der Waals surface area (Å²) >= 11 is 0. The molecule has 2 aromatic rings. The van der Waals surface area contributed by atoms with Crippen LogP contribution in [0.4, 0.5) is 11.6 Å². The zero-order valence-corrected chi connectivity index (χ0v) is 14.5. The fraction of sp³-hybridized carbons (Fsp3) is 0.412. The van der Waals surface area contributed by atoms with Crippen molar-refractivity contribution >= 4 is 21.7 Å². The minimum absolute atomic E-state index is 0.214. The number of hydrogen-bond donors (Lipinski definition) is 2. The average molecular weight is 346 g/mol. The van der Waals surface area contributed by atoms with E-state index in [1.54, 1.807) is 30.3 Å². The van der Waals surface area contributed by atoms with E-state index in [-0.39, 0.29) is 10.7 Å². The zero-order chi connectivity index (χ0) is 17.0. The first-order chi connectivity index (χ1) is 11.5. The predicted octanol–water partition coefficient (Wildman–Crippen LogP) is 3.33. The van der Waals surface area contributed by atoms with Crippen LogP contribution in [0.15, 0.2) is 41.3 Å². The monoisotopic (exact) mass is 346 g/mol. The van der Waals surface area contributed by atoms with Crippen LogP contribution in [-0.2, 0) is 10.0 Å². The molecule has 1 saturated carbocycles. The molecule has 7 heteroatoms. The van der Waals surface area contributed by atoms with E-state index in [9.17, 15) is 8.42 Å². The first-order valence-corrected chi connectivity index (χ1v) is 9.71. The Balaban J connectivity index is 1.67. The van der Waals surface area contributed by atoms with Gasteiger partial charge in [0.25, 0.3) is 10.0 Å². The molecule has 6 nitrogen and oxygen atoms in total. The lowest BCUT2D eigenvalue weighted by atomic mass is 9.95. The summed E-state index contributed by atoms with van der Waals surface area (Å²) < 4.78 is 27.2. The molecule has 1 aromatic carbocycles. The molecule has 0 bridgehead atoms. The number of nitrogens with zero attached hydrogens (tertiary/aromatic N) is 2. The fourth-order valence-corrected chi connectivity index (χ4v) is 4.00. The van der Waals surface area contributed by atoms with Gasteiger partial charge in [0, 0.05) is 6.04 Å². The minimum atomic E-state index is -3.65. The summed E-state index contributed by atoms with van der Waals surface area (Å²) in [6, 6.07) is 10.6.